The van der Waals surface area contributed by atoms with Crippen LogP contribution in [0.4, 0.5) is 5.13 Å². The summed E-state index contributed by atoms with van der Waals surface area (Å²) in [6, 6.07) is 19.5. The number of anilines is 1. The molecule has 7 nitrogen and oxygen atoms in total. The third-order valence-corrected chi connectivity index (χ3v) is 9.04. The number of thiazole rings is 1. The lowest BCUT2D eigenvalue weighted by Gasteiger charge is -2.21. The van der Waals surface area contributed by atoms with E-state index >= 15 is 0 Å². The minimum Gasteiger partial charge on any atom is -0.494 e. The Morgan fingerprint density at radius 3 is 2.26 bits per heavy atom. The number of methoxy groups -OCH3 is 1. The van der Waals surface area contributed by atoms with Crippen LogP contribution in [0.15, 0.2) is 96.9 Å². The van der Waals surface area contributed by atoms with Gasteiger partial charge in [0.2, 0.25) is 10.0 Å². The van der Waals surface area contributed by atoms with Crippen molar-refractivity contribution in [3.63, 3.8) is 0 Å². The molecule has 0 aliphatic rings. The molecule has 0 bridgehead atoms. The van der Waals surface area contributed by atoms with E-state index in [0.717, 1.165) is 15.8 Å². The van der Waals surface area contributed by atoms with Gasteiger partial charge < -0.3 is 4.74 Å². The monoisotopic (exact) mass is 547 g/mol. The maximum atomic E-state index is 13.8. The summed E-state index contributed by atoms with van der Waals surface area (Å²) in [6.07, 6.45) is 3.05. The first kappa shape index (κ1) is 27.3. The summed E-state index contributed by atoms with van der Waals surface area (Å²) in [5, 5.41) is 0.529. The molecule has 1 amide bonds. The number of carbonyl (C=O) groups excluding carboxylic acids is 1. The van der Waals surface area contributed by atoms with Gasteiger partial charge in [-0.15, -0.1) is 13.2 Å². The summed E-state index contributed by atoms with van der Waals surface area (Å²) in [6.45, 7) is 9.88. The van der Waals surface area contributed by atoms with E-state index in [1.165, 1.54) is 52.1 Å². The smallest absolute Gasteiger partial charge is 0.260 e. The number of aromatic nitrogens is 1. The largest absolute Gasteiger partial charge is 0.494 e. The topological polar surface area (TPSA) is 79.8 Å². The molecule has 9 heteroatoms. The number of fused-ring (bicyclic) bond motifs is 1. The SMILES string of the molecule is C=CCN(CC=C)S(=O)(=O)c1ccc(C(=O)N(Cc2ccccc2)c2nc3c(OC)ccc(C)c3s2)cc1. The summed E-state index contributed by atoms with van der Waals surface area (Å²) < 4.78 is 33.9. The lowest BCUT2D eigenvalue weighted by atomic mass is 10.1. The first-order valence-electron chi connectivity index (χ1n) is 11.9. The highest BCUT2D eigenvalue weighted by molar-refractivity contribution is 7.89. The van der Waals surface area contributed by atoms with E-state index in [-0.39, 0.29) is 23.9 Å². The number of hydrogen-bond acceptors (Lipinski definition) is 6. The minimum atomic E-state index is -3.78. The number of ether oxygens (including phenoxy) is 1. The predicted octanol–water partition coefficient (Wildman–Crippen LogP) is 5.82. The molecule has 0 atom stereocenters. The van der Waals surface area contributed by atoms with Crippen molar-refractivity contribution in [1.82, 2.24) is 9.29 Å². The molecular weight excluding hydrogens is 518 g/mol. The standard InChI is InChI=1S/C29H29N3O4S2/c1-5-18-31(19-6-2)38(34,35)24-15-13-23(14-16-24)28(33)32(20-22-10-8-7-9-11-22)29-30-26-25(36-4)17-12-21(3)27(26)37-29/h5-17H,1-2,18-20H2,3-4H3. The van der Waals surface area contributed by atoms with Crippen LogP contribution in [-0.2, 0) is 16.6 Å². The molecule has 0 saturated heterocycles. The van der Waals surface area contributed by atoms with E-state index in [2.05, 4.69) is 13.2 Å². The second-order valence-corrected chi connectivity index (χ2v) is 11.5. The van der Waals surface area contributed by atoms with Gasteiger partial charge in [0.25, 0.3) is 5.91 Å². The highest BCUT2D eigenvalue weighted by Gasteiger charge is 2.26. The lowest BCUT2D eigenvalue weighted by molar-refractivity contribution is 0.0985. The molecule has 0 aliphatic heterocycles. The van der Waals surface area contributed by atoms with Gasteiger partial charge in [-0.2, -0.15) is 4.31 Å². The van der Waals surface area contributed by atoms with Crippen LogP contribution in [-0.4, -0.2) is 43.8 Å². The summed E-state index contributed by atoms with van der Waals surface area (Å²) >= 11 is 1.42. The summed E-state index contributed by atoms with van der Waals surface area (Å²) in [5.41, 5.74) is 3.02. The molecule has 0 fully saturated rings. The van der Waals surface area contributed by atoms with Gasteiger partial charge in [-0.3, -0.25) is 9.69 Å². The van der Waals surface area contributed by atoms with Crippen LogP contribution in [0.5, 0.6) is 5.75 Å². The van der Waals surface area contributed by atoms with Gasteiger partial charge in [-0.1, -0.05) is 59.9 Å². The van der Waals surface area contributed by atoms with Gasteiger partial charge in [-0.25, -0.2) is 13.4 Å². The van der Waals surface area contributed by atoms with Crippen molar-refractivity contribution in [2.24, 2.45) is 0 Å². The summed E-state index contributed by atoms with van der Waals surface area (Å²) in [5.74, 6) is 0.348. The van der Waals surface area contributed by atoms with Crippen LogP contribution >= 0.6 is 11.3 Å². The average Bonchev–Trinajstić information content (AvgIpc) is 3.38. The van der Waals surface area contributed by atoms with Crippen molar-refractivity contribution in [3.05, 3.63) is 109 Å². The Hall–Kier alpha value is -3.79. The highest BCUT2D eigenvalue weighted by Crippen LogP contribution is 2.37. The van der Waals surface area contributed by atoms with E-state index in [9.17, 15) is 13.2 Å². The third kappa shape index (κ3) is 5.55. The normalized spacial score (nSPS) is 11.4. The molecule has 1 aromatic heterocycles. The van der Waals surface area contributed by atoms with Crippen LogP contribution in [0.2, 0.25) is 0 Å². The molecule has 0 spiro atoms. The zero-order valence-electron chi connectivity index (χ0n) is 21.3. The molecule has 38 heavy (non-hydrogen) atoms. The van der Waals surface area contributed by atoms with E-state index in [0.29, 0.717) is 28.5 Å². The number of aryl methyl sites for hydroxylation is 1. The molecule has 0 saturated carbocycles. The van der Waals surface area contributed by atoms with Gasteiger partial charge in [0.05, 0.1) is 23.2 Å². The zero-order chi connectivity index (χ0) is 27.3. The van der Waals surface area contributed by atoms with Gasteiger partial charge >= 0.3 is 0 Å². The van der Waals surface area contributed by atoms with Gasteiger partial charge in [0, 0.05) is 18.7 Å². The molecule has 0 unspecified atom stereocenters. The van der Waals surface area contributed by atoms with Crippen molar-refractivity contribution in [1.29, 1.82) is 0 Å². The Bertz CT molecular complexity index is 1550. The maximum Gasteiger partial charge on any atom is 0.260 e. The quantitative estimate of drug-likeness (QED) is 0.221. The lowest BCUT2D eigenvalue weighted by Crippen LogP contribution is -2.32. The van der Waals surface area contributed by atoms with Crippen LogP contribution in [0.1, 0.15) is 21.5 Å². The van der Waals surface area contributed by atoms with E-state index < -0.39 is 10.0 Å². The van der Waals surface area contributed by atoms with Crippen molar-refractivity contribution < 1.29 is 17.9 Å². The van der Waals surface area contributed by atoms with Crippen molar-refractivity contribution in [3.8, 4) is 5.75 Å². The second-order valence-electron chi connectivity index (χ2n) is 8.56. The molecule has 4 aromatic rings. The Morgan fingerprint density at radius 1 is 1.00 bits per heavy atom. The van der Waals surface area contributed by atoms with Crippen LogP contribution < -0.4 is 9.64 Å². The fourth-order valence-electron chi connectivity index (χ4n) is 4.00. The fourth-order valence-corrected chi connectivity index (χ4v) is 6.43. The minimum absolute atomic E-state index is 0.0905. The van der Waals surface area contributed by atoms with Gasteiger partial charge in [-0.05, 0) is 48.4 Å². The molecule has 3 aromatic carbocycles. The molecule has 1 heterocycles. The van der Waals surface area contributed by atoms with Crippen molar-refractivity contribution >= 4 is 42.6 Å². The van der Waals surface area contributed by atoms with Crippen LogP contribution in [0, 0.1) is 6.92 Å². The Balaban J connectivity index is 1.73. The van der Waals surface area contributed by atoms with Crippen LogP contribution in [0.25, 0.3) is 10.2 Å². The first-order valence-corrected chi connectivity index (χ1v) is 14.2. The van der Waals surface area contributed by atoms with Gasteiger partial charge in [0.1, 0.15) is 11.3 Å². The molecule has 0 N–H and O–H groups in total. The number of nitrogens with zero attached hydrogens (tertiary/aromatic N) is 3. The van der Waals surface area contributed by atoms with Crippen molar-refractivity contribution in [2.45, 2.75) is 18.4 Å². The van der Waals surface area contributed by atoms with E-state index in [1.54, 1.807) is 12.0 Å². The van der Waals surface area contributed by atoms with Crippen LogP contribution in [0.3, 0.4) is 0 Å². The molecule has 0 aliphatic carbocycles. The summed E-state index contributed by atoms with van der Waals surface area (Å²) in [4.78, 5) is 20.3. The number of benzene rings is 3. The number of sulfonamides is 1. The predicted molar refractivity (Wildman–Crippen MR) is 153 cm³/mol. The van der Waals surface area contributed by atoms with Gasteiger partial charge in [0.15, 0.2) is 5.13 Å². The molecule has 0 radical (unpaired) electrons. The molecular formula is C29H29N3O4S2. The highest BCUT2D eigenvalue weighted by atomic mass is 32.2. The number of rotatable bonds is 11. The second kappa shape index (κ2) is 11.7. The van der Waals surface area contributed by atoms with E-state index in [1.807, 2.05) is 49.4 Å². The number of hydrogen-bond donors (Lipinski definition) is 0. The summed E-state index contributed by atoms with van der Waals surface area (Å²) in [7, 11) is -2.18. The molecule has 196 valence electrons. The van der Waals surface area contributed by atoms with Crippen molar-refractivity contribution in [2.75, 3.05) is 25.1 Å². The van der Waals surface area contributed by atoms with E-state index in [4.69, 9.17) is 9.72 Å². The number of amides is 1. The Morgan fingerprint density at radius 2 is 1.66 bits per heavy atom. The number of carbonyl (C=O) groups is 1. The Labute approximate surface area is 227 Å². The first-order chi connectivity index (χ1) is 18.3. The fraction of sp³-hybridized carbons (Fsp3) is 0.172. The maximum absolute atomic E-state index is 13.8. The third-order valence-electron chi connectivity index (χ3n) is 5.98. The Kier molecular flexibility index (Phi) is 8.41. The zero-order valence-corrected chi connectivity index (χ0v) is 23.0. The molecule has 4 rings (SSSR count). The average molecular weight is 548 g/mol.